The lowest BCUT2D eigenvalue weighted by Crippen LogP contribution is -2.13. The molecule has 3 aromatic carbocycles. The molecule has 0 saturated carbocycles. The minimum absolute atomic E-state index is 0.0764. The minimum atomic E-state index is -0.568. The zero-order valence-corrected chi connectivity index (χ0v) is 19.4. The van der Waals surface area contributed by atoms with Gasteiger partial charge in [0.1, 0.15) is 29.0 Å². The first-order valence-electron chi connectivity index (χ1n) is 9.82. The monoisotopic (exact) mass is 542 g/mol. The first-order valence-corrected chi connectivity index (χ1v) is 10.9. The van der Waals surface area contributed by atoms with Gasteiger partial charge in [0.15, 0.2) is 0 Å². The lowest BCUT2D eigenvalue weighted by molar-refractivity contribution is -0.112. The van der Waals surface area contributed by atoms with Crippen LogP contribution in [0.3, 0.4) is 0 Å². The van der Waals surface area contributed by atoms with Gasteiger partial charge in [0.05, 0.1) is 6.61 Å². The Balaban J connectivity index is 1.91. The number of benzene rings is 3. The molecule has 7 heteroatoms. The van der Waals surface area contributed by atoms with Crippen LogP contribution in [0.25, 0.3) is 6.08 Å². The number of phenols is 1. The van der Waals surface area contributed by atoms with Crippen molar-refractivity contribution in [2.45, 2.75) is 13.3 Å². The van der Waals surface area contributed by atoms with Crippen LogP contribution in [0.5, 0.6) is 11.5 Å². The first kappa shape index (κ1) is 23.3. The topological polar surface area (TPSA) is 82.3 Å². The van der Waals surface area contributed by atoms with Gasteiger partial charge in [-0.3, -0.25) is 4.79 Å². The molecular weight excluding hydrogens is 522 g/mol. The van der Waals surface area contributed by atoms with Gasteiger partial charge in [-0.05, 0) is 89.2 Å². The van der Waals surface area contributed by atoms with E-state index in [-0.39, 0.29) is 17.1 Å². The van der Waals surface area contributed by atoms with Crippen LogP contribution >= 0.6 is 22.6 Å². The van der Waals surface area contributed by atoms with Crippen LogP contribution in [-0.4, -0.2) is 17.6 Å². The van der Waals surface area contributed by atoms with E-state index in [0.717, 1.165) is 9.13 Å². The largest absolute Gasteiger partial charge is 0.508 e. The highest BCUT2D eigenvalue weighted by molar-refractivity contribution is 14.1. The number of phenolic OH excluding ortho intramolecular Hbond substituents is 1. The molecule has 32 heavy (non-hydrogen) atoms. The summed E-state index contributed by atoms with van der Waals surface area (Å²) in [5, 5.41) is 21.5. The highest BCUT2D eigenvalue weighted by Crippen LogP contribution is 2.30. The van der Waals surface area contributed by atoms with Crippen LogP contribution in [0.2, 0.25) is 0 Å². The zero-order valence-electron chi connectivity index (χ0n) is 17.2. The van der Waals surface area contributed by atoms with Crippen LogP contribution < -0.4 is 10.1 Å². The van der Waals surface area contributed by atoms with Gasteiger partial charge in [0.25, 0.3) is 5.91 Å². The second-order valence-corrected chi connectivity index (χ2v) is 8.01. The second-order valence-electron chi connectivity index (χ2n) is 6.85. The van der Waals surface area contributed by atoms with Gasteiger partial charge in [0.2, 0.25) is 0 Å². The number of carbonyl (C=O) groups is 1. The lowest BCUT2D eigenvalue weighted by Gasteiger charge is -2.14. The number of hydrogen-bond acceptors (Lipinski definition) is 4. The van der Waals surface area contributed by atoms with Crippen molar-refractivity contribution in [2.75, 3.05) is 11.9 Å². The second kappa shape index (κ2) is 10.8. The van der Waals surface area contributed by atoms with Gasteiger partial charge >= 0.3 is 0 Å². The maximum Gasteiger partial charge on any atom is 0.266 e. The molecule has 0 radical (unpaired) electrons. The van der Waals surface area contributed by atoms with Crippen LogP contribution in [0, 0.1) is 20.7 Å². The summed E-state index contributed by atoms with van der Waals surface area (Å²) in [6.45, 7) is 2.27. The fourth-order valence-corrected chi connectivity index (χ4v) is 3.88. The number of hydrogen-bond donors (Lipinski definition) is 2. The third-order valence-corrected chi connectivity index (χ3v) is 5.57. The van der Waals surface area contributed by atoms with E-state index in [4.69, 9.17) is 4.74 Å². The molecule has 162 valence electrons. The fourth-order valence-electron chi connectivity index (χ4n) is 3.06. The van der Waals surface area contributed by atoms with Crippen LogP contribution in [0.15, 0.2) is 66.2 Å². The molecule has 0 aliphatic carbocycles. The van der Waals surface area contributed by atoms with E-state index in [9.17, 15) is 19.6 Å². The van der Waals surface area contributed by atoms with Gasteiger partial charge in [0, 0.05) is 21.2 Å². The van der Waals surface area contributed by atoms with E-state index in [1.807, 2.05) is 19.1 Å². The Kier molecular flexibility index (Phi) is 7.84. The lowest BCUT2D eigenvalue weighted by atomic mass is 10.0. The number of carbonyl (C=O) groups excluding carboxylic acids is 1. The summed E-state index contributed by atoms with van der Waals surface area (Å²) in [5.41, 5.74) is 2.38. The van der Waals surface area contributed by atoms with Crippen molar-refractivity contribution in [3.63, 3.8) is 0 Å². The number of ether oxygens (including phenoxy) is 1. The summed E-state index contributed by atoms with van der Waals surface area (Å²) in [6.07, 6.45) is 1.84. The number of nitrogens with one attached hydrogen (secondary N) is 1. The van der Waals surface area contributed by atoms with Gasteiger partial charge in [-0.25, -0.2) is 4.39 Å². The highest BCUT2D eigenvalue weighted by atomic mass is 127. The van der Waals surface area contributed by atoms with E-state index in [1.54, 1.807) is 24.3 Å². The molecule has 0 saturated heterocycles. The van der Waals surface area contributed by atoms with Crippen molar-refractivity contribution in [1.29, 1.82) is 5.26 Å². The molecular formula is C25H20FIN2O3. The van der Waals surface area contributed by atoms with Crippen molar-refractivity contribution in [2.24, 2.45) is 0 Å². The number of halogens is 2. The Labute approximate surface area is 199 Å². The summed E-state index contributed by atoms with van der Waals surface area (Å²) in [6, 6.07) is 18.0. The average molecular weight is 542 g/mol. The number of anilines is 1. The van der Waals surface area contributed by atoms with E-state index in [2.05, 4.69) is 27.9 Å². The van der Waals surface area contributed by atoms with Crippen molar-refractivity contribution in [3.8, 4) is 17.6 Å². The van der Waals surface area contributed by atoms with E-state index < -0.39 is 5.91 Å². The highest BCUT2D eigenvalue weighted by Gasteiger charge is 2.15. The van der Waals surface area contributed by atoms with Gasteiger partial charge in [-0.2, -0.15) is 5.26 Å². The molecule has 0 spiro atoms. The zero-order chi connectivity index (χ0) is 23.1. The smallest absolute Gasteiger partial charge is 0.266 e. The summed E-state index contributed by atoms with van der Waals surface area (Å²) in [7, 11) is 0. The number of amides is 1. The van der Waals surface area contributed by atoms with Gasteiger partial charge < -0.3 is 15.2 Å². The molecule has 0 aromatic heterocycles. The minimum Gasteiger partial charge on any atom is -0.508 e. The molecule has 3 aromatic rings. The predicted molar refractivity (Wildman–Crippen MR) is 130 cm³/mol. The number of rotatable bonds is 7. The van der Waals surface area contributed by atoms with Crippen molar-refractivity contribution >= 4 is 40.3 Å². The van der Waals surface area contributed by atoms with Crippen molar-refractivity contribution in [3.05, 3.63) is 92.3 Å². The van der Waals surface area contributed by atoms with Crippen LogP contribution in [0.4, 0.5) is 10.1 Å². The van der Waals surface area contributed by atoms with Crippen LogP contribution in [0.1, 0.15) is 23.6 Å². The SMILES string of the molecule is CCOc1cc(/C=C(\C#N)C(=O)Nc2ccc(O)cc2)cc(I)c1Cc1ccccc1F. The maximum absolute atomic E-state index is 14.2. The normalized spacial score (nSPS) is 11.0. The molecule has 2 N–H and O–H groups in total. The molecule has 0 heterocycles. The Morgan fingerprint density at radius 1 is 1.22 bits per heavy atom. The third kappa shape index (κ3) is 5.86. The molecule has 0 bridgehead atoms. The maximum atomic E-state index is 14.2. The Morgan fingerprint density at radius 2 is 1.94 bits per heavy atom. The summed E-state index contributed by atoms with van der Waals surface area (Å²) in [4.78, 5) is 12.5. The molecule has 5 nitrogen and oxygen atoms in total. The molecule has 1 amide bonds. The molecule has 0 aliphatic rings. The Hall–Kier alpha value is -3.38. The number of nitriles is 1. The van der Waals surface area contributed by atoms with Crippen molar-refractivity contribution in [1.82, 2.24) is 0 Å². The standard InChI is InChI=1S/C25H20FIN2O3/c1-2-32-24-13-16(12-23(27)21(24)14-17-5-3-4-6-22(17)26)11-18(15-28)25(31)29-19-7-9-20(30)10-8-19/h3-13,30H,2,14H2,1H3,(H,29,31)/b18-11+. The molecule has 0 atom stereocenters. The quantitative estimate of drug-likeness (QED) is 0.175. The number of aromatic hydroxyl groups is 1. The van der Waals surface area contributed by atoms with E-state index >= 15 is 0 Å². The summed E-state index contributed by atoms with van der Waals surface area (Å²) in [5.74, 6) is -0.202. The number of nitrogens with zero attached hydrogens (tertiary/aromatic N) is 1. The summed E-state index contributed by atoms with van der Waals surface area (Å²) < 4.78 is 20.8. The predicted octanol–water partition coefficient (Wildman–Crippen LogP) is 5.67. The summed E-state index contributed by atoms with van der Waals surface area (Å²) >= 11 is 2.15. The van der Waals surface area contributed by atoms with Crippen LogP contribution in [-0.2, 0) is 11.2 Å². The van der Waals surface area contributed by atoms with Gasteiger partial charge in [-0.15, -0.1) is 0 Å². The Bertz CT molecular complexity index is 1200. The molecule has 0 fully saturated rings. The Morgan fingerprint density at radius 3 is 2.59 bits per heavy atom. The van der Waals surface area contributed by atoms with Crippen molar-refractivity contribution < 1.29 is 19.0 Å². The fraction of sp³-hybridized carbons (Fsp3) is 0.120. The average Bonchev–Trinajstić information content (AvgIpc) is 2.77. The van der Waals surface area contributed by atoms with E-state index in [1.165, 1.54) is 36.4 Å². The molecule has 3 rings (SSSR count). The molecule has 0 unspecified atom stereocenters. The third-order valence-electron chi connectivity index (χ3n) is 4.60. The van der Waals surface area contributed by atoms with E-state index in [0.29, 0.717) is 35.6 Å². The first-order chi connectivity index (χ1) is 15.4. The molecule has 0 aliphatic heterocycles. The van der Waals surface area contributed by atoms with Gasteiger partial charge in [-0.1, -0.05) is 18.2 Å².